The fourth-order valence-corrected chi connectivity index (χ4v) is 13.1. The highest BCUT2D eigenvalue weighted by Gasteiger charge is 2.61. The van der Waals surface area contributed by atoms with Crippen LogP contribution < -0.4 is 21.6 Å². The first-order valence-corrected chi connectivity index (χ1v) is 22.4. The monoisotopic (exact) mass is 826 g/mol. The summed E-state index contributed by atoms with van der Waals surface area (Å²) in [6.45, 7) is 10.4. The quantitative estimate of drug-likeness (QED) is 0.0836. The van der Waals surface area contributed by atoms with Crippen molar-refractivity contribution in [2.45, 2.75) is 88.5 Å². The van der Waals surface area contributed by atoms with Gasteiger partial charge in [0.2, 0.25) is 0 Å². The highest BCUT2D eigenvalue weighted by molar-refractivity contribution is 7.86. The van der Waals surface area contributed by atoms with Gasteiger partial charge in [-0.3, -0.25) is 23.3 Å². The number of benzene rings is 4. The van der Waals surface area contributed by atoms with E-state index in [1.165, 1.54) is 32.2 Å². The SMILES string of the molecule is CC(=O)O[C@H]1[C@H](n2cc(C)c(=O)[nH]c2=O)O[C@](CCOS(=O)(=O)c2ccc(C)cc2)(CO[Si](c2ccccc2)(c2ccccc2)C(C)(C)C)[C@H]1OCc1ccccc1. The van der Waals surface area contributed by atoms with Crippen LogP contribution in [0.5, 0.6) is 0 Å². The number of H-pyrrole nitrogens is 1. The first kappa shape index (κ1) is 42.6. The lowest BCUT2D eigenvalue weighted by Crippen LogP contribution is -2.68. The molecule has 1 saturated heterocycles. The van der Waals surface area contributed by atoms with Gasteiger partial charge in [-0.15, -0.1) is 0 Å². The van der Waals surface area contributed by atoms with Gasteiger partial charge in [0.15, 0.2) is 12.3 Å². The average molecular weight is 827 g/mol. The van der Waals surface area contributed by atoms with Gasteiger partial charge in [0.1, 0.15) is 11.7 Å². The molecular weight excluding hydrogens is 777 g/mol. The molecule has 306 valence electrons. The lowest BCUT2D eigenvalue weighted by atomic mass is 9.92. The number of carbonyl (C=O) groups excluding carboxylic acids is 1. The Kier molecular flexibility index (Phi) is 12.9. The van der Waals surface area contributed by atoms with Gasteiger partial charge < -0.3 is 18.6 Å². The number of ether oxygens (including phenoxy) is 3. The van der Waals surface area contributed by atoms with E-state index in [1.54, 1.807) is 12.1 Å². The Morgan fingerprint density at radius 3 is 1.98 bits per heavy atom. The molecule has 6 rings (SSSR count). The highest BCUT2D eigenvalue weighted by atomic mass is 32.2. The third kappa shape index (κ3) is 9.02. The lowest BCUT2D eigenvalue weighted by Gasteiger charge is -2.45. The van der Waals surface area contributed by atoms with Gasteiger partial charge in [-0.1, -0.05) is 129 Å². The number of carbonyl (C=O) groups is 1. The minimum Gasteiger partial charge on any atom is -0.455 e. The highest BCUT2D eigenvalue weighted by Crippen LogP contribution is 2.45. The Bertz CT molecular complexity index is 2360. The zero-order chi connectivity index (χ0) is 41.7. The molecule has 12 nitrogen and oxygen atoms in total. The molecule has 0 amide bonds. The second-order valence-corrected chi connectivity index (χ2v) is 21.6. The maximum Gasteiger partial charge on any atom is 0.330 e. The van der Waals surface area contributed by atoms with Crippen molar-refractivity contribution in [3.05, 3.63) is 159 Å². The molecule has 5 aromatic rings. The Hall–Kier alpha value is -4.96. The number of hydrogen-bond acceptors (Lipinski definition) is 10. The van der Waals surface area contributed by atoms with E-state index < -0.39 is 71.3 Å². The Morgan fingerprint density at radius 1 is 0.862 bits per heavy atom. The third-order valence-electron chi connectivity index (χ3n) is 10.5. The number of hydrogen-bond donors (Lipinski definition) is 1. The van der Waals surface area contributed by atoms with E-state index in [2.05, 4.69) is 25.8 Å². The topological polar surface area (TPSA) is 152 Å². The van der Waals surface area contributed by atoms with Gasteiger partial charge in [-0.25, -0.2) is 4.79 Å². The summed E-state index contributed by atoms with van der Waals surface area (Å²) in [4.78, 5) is 41.4. The van der Waals surface area contributed by atoms with Crippen LogP contribution in [0.3, 0.4) is 0 Å². The predicted molar refractivity (Wildman–Crippen MR) is 222 cm³/mol. The van der Waals surface area contributed by atoms with Crippen molar-refractivity contribution in [3.8, 4) is 0 Å². The largest absolute Gasteiger partial charge is 0.455 e. The molecule has 0 aliphatic carbocycles. The normalized spacial score (nSPS) is 19.9. The Morgan fingerprint density at radius 2 is 1.43 bits per heavy atom. The van der Waals surface area contributed by atoms with Crippen LogP contribution in [0, 0.1) is 13.8 Å². The molecule has 58 heavy (non-hydrogen) atoms. The first-order chi connectivity index (χ1) is 27.6. The molecule has 0 spiro atoms. The van der Waals surface area contributed by atoms with Gasteiger partial charge in [-0.2, -0.15) is 8.42 Å². The van der Waals surface area contributed by atoms with Crippen LogP contribution in [0.15, 0.2) is 136 Å². The molecule has 0 saturated carbocycles. The minimum atomic E-state index is -4.24. The summed E-state index contributed by atoms with van der Waals surface area (Å²) in [6, 6.07) is 35.6. The predicted octanol–water partition coefficient (Wildman–Crippen LogP) is 5.31. The first-order valence-electron chi connectivity index (χ1n) is 19.1. The molecule has 4 atom stereocenters. The maximum absolute atomic E-state index is 13.6. The molecule has 1 aliphatic heterocycles. The van der Waals surface area contributed by atoms with Crippen molar-refractivity contribution in [3.63, 3.8) is 0 Å². The van der Waals surface area contributed by atoms with E-state index in [1.807, 2.05) is 97.9 Å². The van der Waals surface area contributed by atoms with Crippen LogP contribution in [0.1, 0.15) is 57.0 Å². The maximum atomic E-state index is 13.6. The van der Waals surface area contributed by atoms with Crippen molar-refractivity contribution in [2.75, 3.05) is 13.2 Å². The summed E-state index contributed by atoms with van der Waals surface area (Å²) in [7, 11) is -7.56. The molecule has 1 aromatic heterocycles. The van der Waals surface area contributed by atoms with Crippen molar-refractivity contribution in [2.24, 2.45) is 0 Å². The number of aromatic nitrogens is 2. The van der Waals surface area contributed by atoms with Crippen molar-refractivity contribution in [1.82, 2.24) is 9.55 Å². The van der Waals surface area contributed by atoms with Gasteiger partial charge in [0.25, 0.3) is 24.0 Å². The zero-order valence-corrected chi connectivity index (χ0v) is 35.4. The number of rotatable bonds is 15. The van der Waals surface area contributed by atoms with Crippen LogP contribution in [0.2, 0.25) is 5.04 Å². The number of aryl methyl sites for hydroxylation is 2. The number of nitrogens with one attached hydrogen (secondary N) is 1. The summed E-state index contributed by atoms with van der Waals surface area (Å²) in [6.07, 6.45) is -2.59. The Balaban J connectivity index is 1.53. The van der Waals surface area contributed by atoms with Crippen LogP contribution in [0.4, 0.5) is 0 Å². The summed E-state index contributed by atoms with van der Waals surface area (Å²) < 4.78 is 61.3. The second-order valence-electron chi connectivity index (χ2n) is 15.6. The number of aromatic amines is 1. The van der Waals surface area contributed by atoms with Crippen LogP contribution in [-0.2, 0) is 44.3 Å². The van der Waals surface area contributed by atoms with Crippen molar-refractivity contribution >= 4 is 34.8 Å². The molecule has 1 N–H and O–H groups in total. The molecular formula is C44H50N2O10SSi. The third-order valence-corrected chi connectivity index (χ3v) is 16.8. The van der Waals surface area contributed by atoms with Gasteiger partial charge in [0, 0.05) is 25.1 Å². The minimum absolute atomic E-state index is 0.0223. The molecule has 0 bridgehead atoms. The number of nitrogens with zero attached hydrogens (tertiary/aromatic N) is 1. The molecule has 0 unspecified atom stereocenters. The summed E-state index contributed by atoms with van der Waals surface area (Å²) in [5.74, 6) is -0.678. The van der Waals surface area contributed by atoms with E-state index in [4.69, 9.17) is 22.8 Å². The molecule has 1 fully saturated rings. The van der Waals surface area contributed by atoms with Crippen LogP contribution in [-0.4, -0.2) is 63.3 Å². The van der Waals surface area contributed by atoms with E-state index in [9.17, 15) is 22.8 Å². The Labute approximate surface area is 340 Å². The molecule has 0 radical (unpaired) electrons. The van der Waals surface area contributed by atoms with Crippen molar-refractivity contribution in [1.29, 1.82) is 0 Å². The van der Waals surface area contributed by atoms with E-state index in [0.29, 0.717) is 0 Å². The van der Waals surface area contributed by atoms with E-state index in [0.717, 1.165) is 26.1 Å². The fraction of sp³-hybridized carbons (Fsp3) is 0.341. The summed E-state index contributed by atoms with van der Waals surface area (Å²) >= 11 is 0. The molecule has 1 aliphatic rings. The molecule has 4 aromatic carbocycles. The van der Waals surface area contributed by atoms with Gasteiger partial charge in [0.05, 0.1) is 24.7 Å². The van der Waals surface area contributed by atoms with Crippen LogP contribution in [0.25, 0.3) is 0 Å². The zero-order valence-electron chi connectivity index (χ0n) is 33.5. The fourth-order valence-electron chi connectivity index (χ4n) is 7.61. The van der Waals surface area contributed by atoms with Gasteiger partial charge in [-0.05, 0) is 47.0 Å². The second kappa shape index (κ2) is 17.5. The van der Waals surface area contributed by atoms with Crippen LogP contribution >= 0.6 is 0 Å². The lowest BCUT2D eigenvalue weighted by molar-refractivity contribution is -0.159. The summed E-state index contributed by atoms with van der Waals surface area (Å²) in [5, 5.41) is 1.47. The molecule has 14 heteroatoms. The van der Waals surface area contributed by atoms with E-state index >= 15 is 0 Å². The average Bonchev–Trinajstić information content (AvgIpc) is 3.47. The molecule has 2 heterocycles. The standard InChI is InChI=1S/C44H50N2O10SSi/c1-31-22-24-35(25-23-31)57(50,51)53-27-26-44(30-54-58(43(4,5)6,36-18-12-8-13-19-36)37-20-14-9-15-21-37)39(52-29-34-16-10-7-11-17-34)38(55-33(3)47)41(56-44)46-28-32(2)40(48)45-42(46)49/h7-25,28,38-39,41H,26-27,29-30H2,1-6H3,(H,45,48,49)/t38-,39+,41-,44-/m1/s1. The number of esters is 1. The van der Waals surface area contributed by atoms with Gasteiger partial charge >= 0.3 is 11.7 Å². The van der Waals surface area contributed by atoms with Crippen molar-refractivity contribution < 1.29 is 36.0 Å². The summed E-state index contributed by atoms with van der Waals surface area (Å²) in [5.41, 5.74) is -1.13. The smallest absolute Gasteiger partial charge is 0.330 e. The van der Waals surface area contributed by atoms with E-state index in [-0.39, 0.29) is 30.1 Å².